The molecule has 28 heavy (non-hydrogen) atoms. The van der Waals surface area contributed by atoms with Crippen LogP contribution in [0.2, 0.25) is 0 Å². The van der Waals surface area contributed by atoms with Gasteiger partial charge in [0, 0.05) is 27.7 Å². The first-order valence-electron chi connectivity index (χ1n) is 7.96. The molecule has 0 aromatic heterocycles. The number of carbonyl (C=O) groups excluding carboxylic acids is 4. The van der Waals surface area contributed by atoms with Crippen LogP contribution in [0.1, 0.15) is 27.7 Å². The molecule has 1 aliphatic heterocycles. The highest BCUT2D eigenvalue weighted by atomic mass is 35.5. The Kier molecular flexibility index (Phi) is 11.1. The van der Waals surface area contributed by atoms with Crippen molar-refractivity contribution in [3.05, 3.63) is 0 Å². The smallest absolute Gasteiger partial charge is 0.318 e. The zero-order chi connectivity index (χ0) is 20.7. The lowest BCUT2D eigenvalue weighted by molar-refractivity contribution is -0.211. The van der Waals surface area contributed by atoms with E-state index in [9.17, 15) is 19.2 Å². The van der Waals surface area contributed by atoms with Gasteiger partial charge in [0.15, 0.2) is 18.2 Å². The van der Waals surface area contributed by atoms with Crippen molar-refractivity contribution in [2.75, 3.05) is 6.61 Å². The Morgan fingerprint density at radius 3 is 1.93 bits per heavy atom. The van der Waals surface area contributed by atoms with Gasteiger partial charge in [0.05, 0.1) is 0 Å². The van der Waals surface area contributed by atoms with E-state index in [1.54, 1.807) is 0 Å². The van der Waals surface area contributed by atoms with Gasteiger partial charge in [-0.2, -0.15) is 0 Å². The molecule has 0 aromatic carbocycles. The van der Waals surface area contributed by atoms with Gasteiger partial charge < -0.3 is 36.7 Å². The Bertz CT molecular complexity index is 628. The van der Waals surface area contributed by atoms with Gasteiger partial charge in [0.1, 0.15) is 12.7 Å². The third-order valence-electron chi connectivity index (χ3n) is 3.32. The summed E-state index contributed by atoms with van der Waals surface area (Å²) in [6.07, 6.45) is -3.25. The molecule has 0 unspecified atom stereocenters. The number of halogens is 1. The van der Waals surface area contributed by atoms with Crippen LogP contribution in [-0.4, -0.2) is 65.3 Å². The molecule has 0 spiro atoms. The molecule has 1 heterocycles. The van der Waals surface area contributed by atoms with Crippen molar-refractivity contribution < 1.29 is 50.5 Å². The summed E-state index contributed by atoms with van der Waals surface area (Å²) in [5.41, 5.74) is 10.2. The SMILES string of the molecule is CC(=O)N[C@@H]1[C@@H](OC(C)=O)[C@H](OC(C)=O)[C@@H](COC(C)=O)O[C@H]1[S+]=C(N)N.[Cl-]. The topological polar surface area (TPSA) is 169 Å². The summed E-state index contributed by atoms with van der Waals surface area (Å²) < 4.78 is 21.3. The van der Waals surface area contributed by atoms with E-state index in [1.165, 1.54) is 13.8 Å². The quantitative estimate of drug-likeness (QED) is 0.156. The molecule has 1 rings (SSSR count). The van der Waals surface area contributed by atoms with Gasteiger partial charge in [-0.1, -0.05) is 0 Å². The molecule has 1 aliphatic rings. The summed E-state index contributed by atoms with van der Waals surface area (Å²) in [7, 11) is 0. The van der Waals surface area contributed by atoms with Crippen LogP contribution in [0.25, 0.3) is 0 Å². The number of amides is 1. The maximum atomic E-state index is 11.6. The van der Waals surface area contributed by atoms with E-state index >= 15 is 0 Å². The van der Waals surface area contributed by atoms with Crippen molar-refractivity contribution in [3.8, 4) is 0 Å². The molecule has 0 aromatic rings. The van der Waals surface area contributed by atoms with E-state index in [0.717, 1.165) is 25.2 Å². The maximum Gasteiger partial charge on any atom is 0.318 e. The standard InChI is InChI=1S/C15H23N3O8S.ClH/c1-6(19)18-11-13(25-9(4)22)12(24-8(3)21)10(5-23-7(2)20)26-14(11)27-15(16)17;/h10-14H,5,16-17H2,1-4H3;1H/t10-,11-,12-,13-,14+;/m1./s1. The number of hydrogen-bond donors (Lipinski definition) is 3. The van der Waals surface area contributed by atoms with E-state index < -0.39 is 53.6 Å². The second-order valence-electron chi connectivity index (χ2n) is 5.74. The van der Waals surface area contributed by atoms with Crippen molar-refractivity contribution in [1.82, 2.24) is 5.32 Å². The number of carbonyl (C=O) groups is 4. The van der Waals surface area contributed by atoms with Gasteiger partial charge in [0.25, 0.3) is 0 Å². The van der Waals surface area contributed by atoms with Crippen LogP contribution in [0, 0.1) is 0 Å². The number of hydrogen-bond acceptors (Lipinski definition) is 8. The number of nitrogens with one attached hydrogen (secondary N) is 1. The second kappa shape index (κ2) is 11.9. The number of ether oxygens (including phenoxy) is 4. The van der Waals surface area contributed by atoms with Crippen molar-refractivity contribution in [2.24, 2.45) is 11.5 Å². The van der Waals surface area contributed by atoms with Gasteiger partial charge in [-0.15, -0.1) is 0 Å². The molecule has 1 amide bonds. The Balaban J connectivity index is 0.00000729. The molecule has 0 radical (unpaired) electrons. The third-order valence-corrected chi connectivity index (χ3v) is 4.23. The van der Waals surface area contributed by atoms with Gasteiger partial charge in [-0.25, -0.2) is 11.5 Å². The normalized spacial score (nSPS) is 26.1. The summed E-state index contributed by atoms with van der Waals surface area (Å²) in [6, 6.07) is -0.934. The highest BCUT2D eigenvalue weighted by Crippen LogP contribution is 2.27. The highest BCUT2D eigenvalue weighted by molar-refractivity contribution is 7.79. The minimum absolute atomic E-state index is 0. The molecule has 160 valence electrons. The molecule has 0 saturated carbocycles. The summed E-state index contributed by atoms with van der Waals surface area (Å²) in [5.74, 6) is -2.37. The fraction of sp³-hybridized carbons (Fsp3) is 0.667. The Morgan fingerprint density at radius 1 is 0.964 bits per heavy atom. The number of rotatable bonds is 6. The Labute approximate surface area is 172 Å². The maximum absolute atomic E-state index is 11.6. The predicted octanol–water partition coefficient (Wildman–Crippen LogP) is -5.27. The van der Waals surface area contributed by atoms with Crippen molar-refractivity contribution >= 4 is 40.3 Å². The van der Waals surface area contributed by atoms with E-state index in [1.807, 2.05) is 0 Å². The van der Waals surface area contributed by atoms with Crippen LogP contribution in [0.3, 0.4) is 0 Å². The molecular weight excluding hydrogens is 418 g/mol. The van der Waals surface area contributed by atoms with E-state index in [2.05, 4.69) is 5.32 Å². The van der Waals surface area contributed by atoms with E-state index in [-0.39, 0.29) is 24.1 Å². The third kappa shape index (κ3) is 8.44. The summed E-state index contributed by atoms with van der Waals surface area (Å²) in [6.45, 7) is 4.50. The van der Waals surface area contributed by atoms with Crippen LogP contribution < -0.4 is 29.2 Å². The molecule has 5 atom stereocenters. The Morgan fingerprint density at radius 2 is 1.50 bits per heavy atom. The number of nitrogens with two attached hydrogens (primary N) is 2. The lowest BCUT2D eigenvalue weighted by atomic mass is 9.97. The Hall–Kier alpha value is -1.86. The summed E-state index contributed by atoms with van der Waals surface area (Å²) >= 11 is 0.878. The largest absolute Gasteiger partial charge is 1.00 e. The number of esters is 3. The van der Waals surface area contributed by atoms with Gasteiger partial charge in [-0.3, -0.25) is 19.2 Å². The first-order chi connectivity index (χ1) is 12.5. The zero-order valence-electron chi connectivity index (χ0n) is 15.8. The molecule has 0 aliphatic carbocycles. The molecule has 1 saturated heterocycles. The zero-order valence-corrected chi connectivity index (χ0v) is 17.4. The van der Waals surface area contributed by atoms with Crippen LogP contribution in [0.4, 0.5) is 0 Å². The average Bonchev–Trinajstić information content (AvgIpc) is 2.49. The minimum atomic E-state index is -1.14. The molecule has 1 fully saturated rings. The fourth-order valence-corrected chi connectivity index (χ4v) is 3.36. The minimum Gasteiger partial charge on any atom is -1.00 e. The first kappa shape index (κ1) is 26.1. The molecule has 0 bridgehead atoms. The molecule has 11 nitrogen and oxygen atoms in total. The van der Waals surface area contributed by atoms with Crippen molar-refractivity contribution in [1.29, 1.82) is 0 Å². The second-order valence-corrected chi connectivity index (χ2v) is 6.91. The lowest BCUT2D eigenvalue weighted by Crippen LogP contribution is -3.00. The van der Waals surface area contributed by atoms with Gasteiger partial charge in [0.2, 0.25) is 17.3 Å². The fourth-order valence-electron chi connectivity index (χ4n) is 2.53. The van der Waals surface area contributed by atoms with Gasteiger partial charge in [-0.05, 0) is 0 Å². The summed E-state index contributed by atoms with van der Waals surface area (Å²) in [4.78, 5) is 46.0. The highest BCUT2D eigenvalue weighted by Gasteiger charge is 2.54. The first-order valence-corrected chi connectivity index (χ1v) is 8.84. The van der Waals surface area contributed by atoms with Crippen molar-refractivity contribution in [3.63, 3.8) is 0 Å². The predicted molar refractivity (Wildman–Crippen MR) is 94.8 cm³/mol. The van der Waals surface area contributed by atoms with E-state index in [0.29, 0.717) is 0 Å². The van der Waals surface area contributed by atoms with Crippen LogP contribution in [0.15, 0.2) is 0 Å². The molecule has 5 N–H and O–H groups in total. The van der Waals surface area contributed by atoms with Crippen LogP contribution in [0.5, 0.6) is 0 Å². The average molecular weight is 442 g/mol. The van der Waals surface area contributed by atoms with Crippen LogP contribution >= 0.6 is 0 Å². The van der Waals surface area contributed by atoms with Crippen molar-refractivity contribution in [2.45, 2.75) is 57.5 Å². The summed E-state index contributed by atoms with van der Waals surface area (Å²) in [5, 5.41) is 2.53. The molecule has 13 heteroatoms. The van der Waals surface area contributed by atoms with Crippen LogP contribution in [-0.2, 0) is 49.5 Å². The van der Waals surface area contributed by atoms with E-state index in [4.69, 9.17) is 30.4 Å². The lowest BCUT2D eigenvalue weighted by Gasteiger charge is -2.40. The molecular formula is C15H24ClN3O8S. The monoisotopic (exact) mass is 441 g/mol. The van der Waals surface area contributed by atoms with Gasteiger partial charge >= 0.3 is 28.5 Å².